The third-order valence-electron chi connectivity index (χ3n) is 1.89. The number of methoxy groups -OCH3 is 1. The molecule has 0 unspecified atom stereocenters. The second-order valence-corrected chi connectivity index (χ2v) is 3.22. The lowest BCUT2D eigenvalue weighted by molar-refractivity contribution is -0.120. The fourth-order valence-electron chi connectivity index (χ4n) is 1.06. The maximum absolute atomic E-state index is 11.5. The van der Waals surface area contributed by atoms with Crippen LogP contribution in [0, 0.1) is 5.92 Å². The molecule has 0 bridgehead atoms. The van der Waals surface area contributed by atoms with Gasteiger partial charge in [-0.15, -0.1) is 0 Å². The highest BCUT2D eigenvalue weighted by molar-refractivity contribution is 5.92. The molecule has 15 heavy (non-hydrogen) atoms. The monoisotopic (exact) mass is 210 g/mol. The van der Waals surface area contributed by atoms with Gasteiger partial charge in [0.05, 0.1) is 12.5 Å². The van der Waals surface area contributed by atoms with E-state index in [0.29, 0.717) is 6.61 Å². The maximum atomic E-state index is 11.5. The summed E-state index contributed by atoms with van der Waals surface area (Å²) in [7, 11) is 1.53. The third-order valence-corrected chi connectivity index (χ3v) is 1.89. The zero-order valence-electron chi connectivity index (χ0n) is 8.73. The molecule has 1 amide bonds. The number of amides is 1. The van der Waals surface area contributed by atoms with Gasteiger partial charge in [0.1, 0.15) is 0 Å². The highest BCUT2D eigenvalue weighted by Gasteiger charge is 2.14. The van der Waals surface area contributed by atoms with Gasteiger partial charge in [-0.1, -0.05) is 6.92 Å². The van der Waals surface area contributed by atoms with E-state index in [1.165, 1.54) is 19.4 Å². The first-order valence-corrected chi connectivity index (χ1v) is 4.59. The van der Waals surface area contributed by atoms with Gasteiger partial charge in [-0.3, -0.25) is 4.79 Å². The Kier molecular flexibility index (Phi) is 4.05. The van der Waals surface area contributed by atoms with Crippen LogP contribution in [0.15, 0.2) is 18.3 Å². The van der Waals surface area contributed by atoms with E-state index in [2.05, 4.69) is 10.3 Å². The molecule has 82 valence electrons. The summed E-state index contributed by atoms with van der Waals surface area (Å²) in [5.41, 5.74) is 0. The molecule has 1 aromatic rings. The molecule has 0 radical (unpaired) electrons. The summed E-state index contributed by atoms with van der Waals surface area (Å²) in [5.74, 6) is -0.386. The van der Waals surface area contributed by atoms with Gasteiger partial charge < -0.3 is 15.2 Å². The summed E-state index contributed by atoms with van der Waals surface area (Å²) >= 11 is 0. The van der Waals surface area contributed by atoms with Crippen LogP contribution in [-0.4, -0.2) is 29.7 Å². The van der Waals surface area contributed by atoms with E-state index in [0.717, 1.165) is 0 Å². The van der Waals surface area contributed by atoms with E-state index in [9.17, 15) is 9.90 Å². The first-order chi connectivity index (χ1) is 7.15. The Morgan fingerprint density at radius 1 is 1.73 bits per heavy atom. The lowest BCUT2D eigenvalue weighted by Gasteiger charge is -2.10. The molecule has 0 spiro atoms. The van der Waals surface area contributed by atoms with E-state index in [1.54, 1.807) is 13.0 Å². The maximum Gasteiger partial charge on any atom is 0.230 e. The number of pyridine rings is 1. The number of hydrogen-bond acceptors (Lipinski definition) is 4. The predicted octanol–water partition coefficient (Wildman–Crippen LogP) is 1.01. The number of nitrogens with one attached hydrogen (secondary N) is 1. The summed E-state index contributed by atoms with van der Waals surface area (Å²) in [6.45, 7) is 2.07. The third kappa shape index (κ3) is 3.21. The summed E-state index contributed by atoms with van der Waals surface area (Å²) in [4.78, 5) is 15.4. The van der Waals surface area contributed by atoms with Crippen LogP contribution in [0.4, 0.5) is 5.82 Å². The van der Waals surface area contributed by atoms with E-state index >= 15 is 0 Å². The molecule has 0 aliphatic rings. The number of aromatic nitrogens is 1. The molecule has 0 aromatic carbocycles. The van der Waals surface area contributed by atoms with Gasteiger partial charge >= 0.3 is 0 Å². The van der Waals surface area contributed by atoms with Crippen LogP contribution in [0.2, 0.25) is 0 Å². The number of ether oxygens (including phenoxy) is 1. The Balaban J connectivity index is 2.62. The number of nitrogens with zero attached hydrogens (tertiary/aromatic N) is 1. The van der Waals surface area contributed by atoms with Crippen LogP contribution in [-0.2, 0) is 9.53 Å². The van der Waals surface area contributed by atoms with Crippen LogP contribution in [0.5, 0.6) is 5.75 Å². The van der Waals surface area contributed by atoms with Gasteiger partial charge in [-0.05, 0) is 12.1 Å². The Morgan fingerprint density at radius 3 is 3.07 bits per heavy atom. The van der Waals surface area contributed by atoms with Gasteiger partial charge in [0, 0.05) is 13.3 Å². The number of carbonyl (C=O) groups is 1. The molecule has 0 saturated heterocycles. The van der Waals surface area contributed by atoms with Crippen molar-refractivity contribution in [2.75, 3.05) is 19.0 Å². The predicted molar refractivity (Wildman–Crippen MR) is 55.6 cm³/mol. The van der Waals surface area contributed by atoms with Crippen molar-refractivity contribution in [2.45, 2.75) is 6.92 Å². The lowest BCUT2D eigenvalue weighted by atomic mass is 10.2. The number of rotatable bonds is 4. The molecular formula is C10H14N2O3. The van der Waals surface area contributed by atoms with Crippen molar-refractivity contribution in [1.29, 1.82) is 0 Å². The number of hydrogen-bond donors (Lipinski definition) is 2. The minimum Gasteiger partial charge on any atom is -0.504 e. The summed E-state index contributed by atoms with van der Waals surface area (Å²) in [6.07, 6.45) is 1.50. The number of aromatic hydroxyl groups is 1. The quantitative estimate of drug-likeness (QED) is 0.778. The molecule has 2 N–H and O–H groups in total. The summed E-state index contributed by atoms with van der Waals surface area (Å²) < 4.78 is 4.85. The molecule has 1 aromatic heterocycles. The summed E-state index contributed by atoms with van der Waals surface area (Å²) in [6, 6.07) is 3.05. The number of anilines is 1. The Bertz CT molecular complexity index is 341. The van der Waals surface area contributed by atoms with Crippen LogP contribution in [0.1, 0.15) is 6.92 Å². The lowest BCUT2D eigenvalue weighted by Crippen LogP contribution is -2.24. The fraction of sp³-hybridized carbons (Fsp3) is 0.400. The molecule has 5 nitrogen and oxygen atoms in total. The molecule has 1 heterocycles. The van der Waals surface area contributed by atoms with Crippen molar-refractivity contribution < 1.29 is 14.6 Å². The Hall–Kier alpha value is -1.62. The SMILES string of the molecule is COC[C@H](C)C(=O)Nc1ncccc1O. The van der Waals surface area contributed by atoms with Crippen LogP contribution < -0.4 is 5.32 Å². The zero-order chi connectivity index (χ0) is 11.3. The second-order valence-electron chi connectivity index (χ2n) is 3.22. The molecule has 0 saturated carbocycles. The van der Waals surface area contributed by atoms with E-state index < -0.39 is 0 Å². The van der Waals surface area contributed by atoms with E-state index in [1.807, 2.05) is 0 Å². The highest BCUT2D eigenvalue weighted by atomic mass is 16.5. The molecule has 0 aliphatic carbocycles. The molecule has 0 aliphatic heterocycles. The molecule has 1 rings (SSSR count). The average molecular weight is 210 g/mol. The Labute approximate surface area is 88.1 Å². The standard InChI is InChI=1S/C10H14N2O3/c1-7(6-15-2)10(14)12-9-8(13)4-3-5-11-9/h3-5,7,13H,6H2,1-2H3,(H,11,12,14)/t7-/m0/s1. The van der Waals surface area contributed by atoms with E-state index in [4.69, 9.17) is 4.74 Å². The largest absolute Gasteiger partial charge is 0.504 e. The number of carbonyl (C=O) groups excluding carboxylic acids is 1. The van der Waals surface area contributed by atoms with Crippen LogP contribution >= 0.6 is 0 Å². The molecule has 5 heteroatoms. The van der Waals surface area contributed by atoms with Gasteiger partial charge in [-0.25, -0.2) is 4.98 Å². The van der Waals surface area contributed by atoms with Crippen molar-refractivity contribution in [1.82, 2.24) is 4.98 Å². The minimum atomic E-state index is -0.281. The van der Waals surface area contributed by atoms with Crippen LogP contribution in [0.25, 0.3) is 0 Å². The second kappa shape index (κ2) is 5.31. The van der Waals surface area contributed by atoms with Crippen LogP contribution in [0.3, 0.4) is 0 Å². The topological polar surface area (TPSA) is 71.5 Å². The molecular weight excluding hydrogens is 196 g/mol. The van der Waals surface area contributed by atoms with E-state index in [-0.39, 0.29) is 23.4 Å². The van der Waals surface area contributed by atoms with Crippen molar-refractivity contribution in [2.24, 2.45) is 5.92 Å². The molecule has 1 atom stereocenters. The van der Waals surface area contributed by atoms with Crippen molar-refractivity contribution in [3.8, 4) is 5.75 Å². The first kappa shape index (κ1) is 11.5. The fourth-order valence-corrected chi connectivity index (χ4v) is 1.06. The van der Waals surface area contributed by atoms with Crippen molar-refractivity contribution >= 4 is 11.7 Å². The smallest absolute Gasteiger partial charge is 0.230 e. The van der Waals surface area contributed by atoms with Gasteiger partial charge in [-0.2, -0.15) is 0 Å². The average Bonchev–Trinajstić information content (AvgIpc) is 2.21. The highest BCUT2D eigenvalue weighted by Crippen LogP contribution is 2.18. The summed E-state index contributed by atoms with van der Waals surface area (Å²) in [5, 5.41) is 11.9. The van der Waals surface area contributed by atoms with Crippen molar-refractivity contribution in [3.05, 3.63) is 18.3 Å². The zero-order valence-corrected chi connectivity index (χ0v) is 8.73. The first-order valence-electron chi connectivity index (χ1n) is 4.59. The van der Waals surface area contributed by atoms with Gasteiger partial charge in [0.2, 0.25) is 5.91 Å². The van der Waals surface area contributed by atoms with Gasteiger partial charge in [0.15, 0.2) is 11.6 Å². The van der Waals surface area contributed by atoms with Crippen molar-refractivity contribution in [3.63, 3.8) is 0 Å². The Morgan fingerprint density at radius 2 is 2.47 bits per heavy atom. The van der Waals surface area contributed by atoms with Gasteiger partial charge in [0.25, 0.3) is 0 Å². The minimum absolute atomic E-state index is 0.0459. The normalized spacial score (nSPS) is 12.1. The molecule has 0 fully saturated rings.